The second kappa shape index (κ2) is 5.24. The summed E-state index contributed by atoms with van der Waals surface area (Å²) < 4.78 is 0. The van der Waals surface area contributed by atoms with Crippen molar-refractivity contribution >= 4 is 11.7 Å². The Kier molecular flexibility index (Phi) is 3.94. The number of rotatable bonds is 4. The molecule has 0 aliphatic carbocycles. The lowest BCUT2D eigenvalue weighted by molar-refractivity contribution is 0.259. The van der Waals surface area contributed by atoms with E-state index in [9.17, 15) is 4.79 Å². The number of urea groups is 1. The Morgan fingerprint density at radius 3 is 2.79 bits per heavy atom. The van der Waals surface area contributed by atoms with E-state index >= 15 is 0 Å². The summed E-state index contributed by atoms with van der Waals surface area (Å²) in [6.07, 6.45) is 0. The van der Waals surface area contributed by atoms with Crippen molar-refractivity contribution in [2.24, 2.45) is 5.73 Å². The van der Waals surface area contributed by atoms with Crippen LogP contribution < -0.4 is 16.4 Å². The van der Waals surface area contributed by atoms with Crippen LogP contribution in [0.5, 0.6) is 0 Å². The molecule has 4 heteroatoms. The second-order valence-corrected chi connectivity index (χ2v) is 2.93. The monoisotopic (exact) mass is 193 g/mol. The van der Waals surface area contributed by atoms with Crippen molar-refractivity contribution < 1.29 is 4.79 Å². The molecule has 0 atom stereocenters. The topological polar surface area (TPSA) is 67.2 Å². The fraction of sp³-hybridized carbons (Fsp3) is 0.300. The molecule has 76 valence electrons. The molecule has 14 heavy (non-hydrogen) atoms. The molecule has 4 nitrogen and oxygen atoms in total. The highest BCUT2D eigenvalue weighted by Gasteiger charge is 2.01. The first kappa shape index (κ1) is 10.5. The minimum absolute atomic E-state index is 0.533. The van der Waals surface area contributed by atoms with Crippen LogP contribution >= 0.6 is 0 Å². The molecule has 0 fully saturated rings. The molecule has 0 saturated carbocycles. The number of carbonyl (C=O) groups excluding carboxylic acids is 1. The van der Waals surface area contributed by atoms with Gasteiger partial charge >= 0.3 is 6.03 Å². The Hall–Kier alpha value is -1.55. The van der Waals surface area contributed by atoms with E-state index in [4.69, 9.17) is 5.73 Å². The maximum atomic E-state index is 10.7. The van der Waals surface area contributed by atoms with Crippen LogP contribution in [-0.4, -0.2) is 12.6 Å². The molecule has 0 aliphatic heterocycles. The fourth-order valence-corrected chi connectivity index (χ4v) is 1.19. The average molecular weight is 193 g/mol. The van der Waals surface area contributed by atoms with Gasteiger partial charge in [-0.1, -0.05) is 25.1 Å². The number of hydrogen-bond acceptors (Lipinski definition) is 2. The molecule has 0 bridgehead atoms. The van der Waals surface area contributed by atoms with Gasteiger partial charge in [-0.3, -0.25) is 0 Å². The number of primary amides is 1. The minimum Gasteiger partial charge on any atom is -0.351 e. The summed E-state index contributed by atoms with van der Waals surface area (Å²) in [6, 6.07) is 7.04. The molecule has 0 aromatic heterocycles. The van der Waals surface area contributed by atoms with Gasteiger partial charge in [0.05, 0.1) is 0 Å². The van der Waals surface area contributed by atoms with E-state index < -0.39 is 6.03 Å². The predicted octanol–water partition coefficient (Wildman–Crippen LogP) is 1.29. The largest absolute Gasteiger partial charge is 0.351 e. The van der Waals surface area contributed by atoms with E-state index in [2.05, 4.69) is 10.6 Å². The van der Waals surface area contributed by atoms with Gasteiger partial charge in [-0.25, -0.2) is 4.79 Å². The fourth-order valence-electron chi connectivity index (χ4n) is 1.19. The third-order valence-corrected chi connectivity index (χ3v) is 1.84. The molecule has 0 saturated heterocycles. The van der Waals surface area contributed by atoms with Gasteiger partial charge in [-0.2, -0.15) is 0 Å². The van der Waals surface area contributed by atoms with Crippen LogP contribution in [0.3, 0.4) is 0 Å². The number of benzene rings is 1. The smallest absolute Gasteiger partial charge is 0.316 e. The van der Waals surface area contributed by atoms with Gasteiger partial charge in [0.15, 0.2) is 0 Å². The average Bonchev–Trinajstić information content (AvgIpc) is 2.16. The number of nitrogens with two attached hydrogens (primary N) is 1. The zero-order valence-corrected chi connectivity index (χ0v) is 8.21. The highest BCUT2D eigenvalue weighted by molar-refractivity contribution is 5.88. The zero-order valence-electron chi connectivity index (χ0n) is 8.21. The first-order chi connectivity index (χ1) is 6.74. The number of nitrogens with one attached hydrogen (secondary N) is 2. The molecule has 4 N–H and O–H groups in total. The van der Waals surface area contributed by atoms with E-state index in [0.717, 1.165) is 24.3 Å². The Morgan fingerprint density at radius 1 is 1.43 bits per heavy atom. The lowest BCUT2D eigenvalue weighted by atomic mass is 10.2. The van der Waals surface area contributed by atoms with Crippen LogP contribution in [0.1, 0.15) is 12.5 Å². The van der Waals surface area contributed by atoms with Crippen molar-refractivity contribution in [2.75, 3.05) is 11.9 Å². The number of anilines is 1. The Balaban J connectivity index is 2.74. The number of para-hydroxylation sites is 1. The quantitative estimate of drug-likeness (QED) is 0.674. The minimum atomic E-state index is -0.533. The highest BCUT2D eigenvalue weighted by atomic mass is 16.2. The number of carbonyl (C=O) groups is 1. The molecule has 0 aliphatic rings. The third kappa shape index (κ3) is 3.06. The summed E-state index contributed by atoms with van der Waals surface area (Å²) >= 11 is 0. The van der Waals surface area contributed by atoms with Gasteiger partial charge in [0.25, 0.3) is 0 Å². The van der Waals surface area contributed by atoms with Crippen LogP contribution in [0.25, 0.3) is 0 Å². The maximum absolute atomic E-state index is 10.7. The van der Waals surface area contributed by atoms with Crippen molar-refractivity contribution in [3.63, 3.8) is 0 Å². The molecule has 2 amide bonds. The van der Waals surface area contributed by atoms with Crippen LogP contribution in [0.15, 0.2) is 24.3 Å². The standard InChI is InChI=1S/C10H15N3O/c1-2-12-7-8-5-3-4-6-9(8)13-10(11)14/h3-6,12H,2,7H2,1H3,(H3,11,13,14). The third-order valence-electron chi connectivity index (χ3n) is 1.84. The maximum Gasteiger partial charge on any atom is 0.316 e. The molecule has 0 unspecified atom stereocenters. The first-order valence-electron chi connectivity index (χ1n) is 4.59. The summed E-state index contributed by atoms with van der Waals surface area (Å²) in [7, 11) is 0. The normalized spacial score (nSPS) is 9.79. The Morgan fingerprint density at radius 2 is 2.14 bits per heavy atom. The summed E-state index contributed by atoms with van der Waals surface area (Å²) in [4.78, 5) is 10.7. The number of amides is 2. The van der Waals surface area contributed by atoms with Gasteiger partial charge in [-0.15, -0.1) is 0 Å². The molecule has 0 spiro atoms. The van der Waals surface area contributed by atoms with Gasteiger partial charge in [0.2, 0.25) is 0 Å². The van der Waals surface area contributed by atoms with Crippen molar-refractivity contribution in [3.05, 3.63) is 29.8 Å². The van der Waals surface area contributed by atoms with Crippen LogP contribution in [0.4, 0.5) is 10.5 Å². The Labute approximate surface area is 83.5 Å². The second-order valence-electron chi connectivity index (χ2n) is 2.93. The first-order valence-corrected chi connectivity index (χ1v) is 4.59. The lowest BCUT2D eigenvalue weighted by Crippen LogP contribution is -2.21. The molecule has 0 radical (unpaired) electrons. The molecular weight excluding hydrogens is 178 g/mol. The zero-order chi connectivity index (χ0) is 10.4. The van der Waals surface area contributed by atoms with E-state index in [1.165, 1.54) is 0 Å². The van der Waals surface area contributed by atoms with E-state index in [1.807, 2.05) is 31.2 Å². The van der Waals surface area contributed by atoms with Crippen molar-refractivity contribution in [1.29, 1.82) is 0 Å². The van der Waals surface area contributed by atoms with Gasteiger partial charge < -0.3 is 16.4 Å². The van der Waals surface area contributed by atoms with Gasteiger partial charge in [-0.05, 0) is 18.2 Å². The van der Waals surface area contributed by atoms with E-state index in [0.29, 0.717) is 0 Å². The molecule has 1 aromatic rings. The summed E-state index contributed by atoms with van der Waals surface area (Å²) in [5.41, 5.74) is 6.85. The lowest BCUT2D eigenvalue weighted by Gasteiger charge is -2.09. The SMILES string of the molecule is CCNCc1ccccc1NC(N)=O. The summed E-state index contributed by atoms with van der Waals surface area (Å²) in [5.74, 6) is 0. The molecular formula is C10H15N3O. The van der Waals surface area contributed by atoms with Crippen LogP contribution in [0, 0.1) is 0 Å². The van der Waals surface area contributed by atoms with Crippen molar-refractivity contribution in [1.82, 2.24) is 5.32 Å². The van der Waals surface area contributed by atoms with E-state index in [-0.39, 0.29) is 0 Å². The predicted molar refractivity (Wildman–Crippen MR) is 57.0 cm³/mol. The molecule has 1 rings (SSSR count). The Bertz CT molecular complexity index is 312. The van der Waals surface area contributed by atoms with E-state index in [1.54, 1.807) is 0 Å². The summed E-state index contributed by atoms with van der Waals surface area (Å²) in [5, 5.41) is 5.77. The number of hydrogen-bond donors (Lipinski definition) is 3. The van der Waals surface area contributed by atoms with Crippen LogP contribution in [-0.2, 0) is 6.54 Å². The molecule has 0 heterocycles. The van der Waals surface area contributed by atoms with Crippen molar-refractivity contribution in [3.8, 4) is 0 Å². The van der Waals surface area contributed by atoms with Crippen LogP contribution in [0.2, 0.25) is 0 Å². The van der Waals surface area contributed by atoms with Gasteiger partial charge in [0.1, 0.15) is 0 Å². The molecule has 1 aromatic carbocycles. The highest BCUT2D eigenvalue weighted by Crippen LogP contribution is 2.13. The van der Waals surface area contributed by atoms with Crippen molar-refractivity contribution in [2.45, 2.75) is 13.5 Å². The summed E-state index contributed by atoms with van der Waals surface area (Å²) in [6.45, 7) is 3.65. The van der Waals surface area contributed by atoms with Gasteiger partial charge in [0, 0.05) is 12.2 Å².